The van der Waals surface area contributed by atoms with Gasteiger partial charge in [0.1, 0.15) is 5.58 Å². The molecule has 5 heteroatoms. The largest absolute Gasteiger partial charge is 0.623 e. The number of benzene rings is 1. The van der Waals surface area contributed by atoms with Crippen LogP contribution in [0.4, 0.5) is 0 Å². The Morgan fingerprint density at radius 2 is 1.90 bits per heavy atom. The molecular weight excluding hydrogens is 268 g/mol. The SMILES string of the molecule is [O-][N+]1=C(c2cc3ccccc3o2)C=[N+](O)[C@@H]2CCCC[C@H]21. The van der Waals surface area contributed by atoms with Gasteiger partial charge in [-0.2, -0.15) is 4.74 Å². The molecule has 108 valence electrons. The van der Waals surface area contributed by atoms with Crippen molar-refractivity contribution >= 4 is 22.9 Å². The van der Waals surface area contributed by atoms with Crippen molar-refractivity contribution < 1.29 is 19.1 Å². The summed E-state index contributed by atoms with van der Waals surface area (Å²) in [7, 11) is 0. The number of fused-ring (bicyclic) bond motifs is 2. The molecule has 0 bridgehead atoms. The Morgan fingerprint density at radius 3 is 2.71 bits per heavy atom. The average Bonchev–Trinajstić information content (AvgIpc) is 2.94. The first kappa shape index (κ1) is 12.4. The molecule has 1 saturated carbocycles. The van der Waals surface area contributed by atoms with Gasteiger partial charge < -0.3 is 9.62 Å². The van der Waals surface area contributed by atoms with E-state index in [4.69, 9.17) is 4.42 Å². The van der Waals surface area contributed by atoms with Gasteiger partial charge in [-0.15, -0.1) is 0 Å². The topological polar surface area (TPSA) is 62.5 Å². The Bertz CT molecular complexity index is 727. The Balaban J connectivity index is 1.82. The van der Waals surface area contributed by atoms with Crippen LogP contribution in [0.25, 0.3) is 11.0 Å². The molecule has 2 heterocycles. The highest BCUT2D eigenvalue weighted by molar-refractivity contribution is 6.33. The fourth-order valence-electron chi connectivity index (χ4n) is 3.41. The molecule has 0 spiro atoms. The number of para-hydroxylation sites is 1. The van der Waals surface area contributed by atoms with Crippen LogP contribution in [0.1, 0.15) is 31.4 Å². The second kappa shape index (κ2) is 4.62. The summed E-state index contributed by atoms with van der Waals surface area (Å²) in [4.78, 5) is 0. The zero-order chi connectivity index (χ0) is 14.4. The fraction of sp³-hybridized carbons (Fsp3) is 0.375. The maximum absolute atomic E-state index is 12.6. The summed E-state index contributed by atoms with van der Waals surface area (Å²) in [5.41, 5.74) is 1.15. The number of hydrogen-bond donors (Lipinski definition) is 1. The van der Waals surface area contributed by atoms with Crippen LogP contribution in [-0.4, -0.2) is 38.7 Å². The predicted molar refractivity (Wildman–Crippen MR) is 78.1 cm³/mol. The zero-order valence-corrected chi connectivity index (χ0v) is 11.6. The van der Waals surface area contributed by atoms with Crippen molar-refractivity contribution in [1.82, 2.24) is 0 Å². The van der Waals surface area contributed by atoms with Crippen molar-refractivity contribution in [3.8, 4) is 0 Å². The van der Waals surface area contributed by atoms with Crippen molar-refractivity contribution in [2.75, 3.05) is 0 Å². The third-order valence-corrected chi connectivity index (χ3v) is 4.50. The third kappa shape index (κ3) is 1.92. The second-order valence-corrected chi connectivity index (χ2v) is 5.79. The van der Waals surface area contributed by atoms with E-state index in [-0.39, 0.29) is 12.1 Å². The lowest BCUT2D eigenvalue weighted by atomic mass is 9.89. The summed E-state index contributed by atoms with van der Waals surface area (Å²) in [6.45, 7) is 0. The summed E-state index contributed by atoms with van der Waals surface area (Å²) < 4.78 is 7.98. The van der Waals surface area contributed by atoms with Gasteiger partial charge in [0.2, 0.25) is 11.8 Å². The molecule has 1 aliphatic heterocycles. The van der Waals surface area contributed by atoms with E-state index in [1.54, 1.807) is 0 Å². The van der Waals surface area contributed by atoms with Gasteiger partial charge in [-0.25, -0.2) is 0 Å². The molecule has 21 heavy (non-hydrogen) atoms. The van der Waals surface area contributed by atoms with E-state index in [0.717, 1.165) is 41.4 Å². The molecule has 5 nitrogen and oxygen atoms in total. The molecule has 1 aliphatic carbocycles. The van der Waals surface area contributed by atoms with Crippen molar-refractivity contribution in [3.05, 3.63) is 41.3 Å². The van der Waals surface area contributed by atoms with Crippen molar-refractivity contribution in [2.24, 2.45) is 0 Å². The molecule has 0 unspecified atom stereocenters. The van der Waals surface area contributed by atoms with Crippen LogP contribution in [0.5, 0.6) is 0 Å². The Hall–Kier alpha value is -2.30. The standard InChI is InChI=1S/C16H17N2O3/c19-17-10-14(18(20)13-7-3-2-6-12(13)17)16-9-11-5-1-4-8-15(11)21-16/h1,4-5,8-10,12-13,19H,2-3,6-7H2/q+1/t12-,13-/m1/s1. The molecule has 1 fully saturated rings. The van der Waals surface area contributed by atoms with Crippen LogP contribution in [-0.2, 0) is 0 Å². The minimum absolute atomic E-state index is 0.107. The first-order valence-electron chi connectivity index (χ1n) is 7.38. The van der Waals surface area contributed by atoms with Gasteiger partial charge in [-0.1, -0.05) is 18.2 Å². The van der Waals surface area contributed by atoms with E-state index in [9.17, 15) is 10.4 Å². The van der Waals surface area contributed by atoms with E-state index in [1.165, 1.54) is 11.0 Å². The number of furan rings is 1. The van der Waals surface area contributed by atoms with Crippen LogP contribution in [0, 0.1) is 5.21 Å². The number of hydroxylamine groups is 2. The lowest BCUT2D eigenvalue weighted by Gasteiger charge is -2.27. The third-order valence-electron chi connectivity index (χ3n) is 4.50. The van der Waals surface area contributed by atoms with Gasteiger partial charge >= 0.3 is 5.71 Å². The maximum atomic E-state index is 12.6. The molecule has 1 N–H and O–H groups in total. The highest BCUT2D eigenvalue weighted by Crippen LogP contribution is 2.26. The highest BCUT2D eigenvalue weighted by Gasteiger charge is 2.46. The van der Waals surface area contributed by atoms with E-state index >= 15 is 0 Å². The summed E-state index contributed by atoms with van der Waals surface area (Å²) in [5, 5.41) is 23.8. The molecule has 4 rings (SSSR count). The average molecular weight is 285 g/mol. The molecule has 1 aromatic carbocycles. The van der Waals surface area contributed by atoms with Gasteiger partial charge in [0.25, 0.3) is 12.3 Å². The van der Waals surface area contributed by atoms with Crippen molar-refractivity contribution in [3.63, 3.8) is 0 Å². The summed E-state index contributed by atoms with van der Waals surface area (Å²) in [5.74, 6) is 0.509. The van der Waals surface area contributed by atoms with E-state index < -0.39 is 0 Å². The number of hydrogen-bond acceptors (Lipinski definition) is 3. The van der Waals surface area contributed by atoms with Gasteiger partial charge in [0, 0.05) is 18.2 Å². The molecule has 0 saturated heterocycles. The van der Waals surface area contributed by atoms with Gasteiger partial charge in [0.05, 0.1) is 0 Å². The van der Waals surface area contributed by atoms with Crippen LogP contribution >= 0.6 is 0 Å². The minimum Gasteiger partial charge on any atom is -0.623 e. The maximum Gasteiger partial charge on any atom is 0.323 e. The first-order chi connectivity index (χ1) is 10.2. The molecule has 2 atom stereocenters. The van der Waals surface area contributed by atoms with Gasteiger partial charge in [0.15, 0.2) is 0 Å². The van der Waals surface area contributed by atoms with E-state index in [0.29, 0.717) is 11.5 Å². The molecular formula is C16H17N2O3+. The van der Waals surface area contributed by atoms with Gasteiger partial charge in [-0.3, -0.25) is 5.21 Å². The molecule has 2 aromatic rings. The zero-order valence-electron chi connectivity index (χ0n) is 11.6. The first-order valence-corrected chi connectivity index (χ1v) is 7.38. The minimum atomic E-state index is -0.197. The molecule has 1 aromatic heterocycles. The number of rotatable bonds is 1. The monoisotopic (exact) mass is 285 g/mol. The van der Waals surface area contributed by atoms with Crippen LogP contribution in [0.15, 0.2) is 34.7 Å². The molecule has 0 radical (unpaired) electrons. The van der Waals surface area contributed by atoms with Crippen LogP contribution in [0.2, 0.25) is 0 Å². The van der Waals surface area contributed by atoms with Gasteiger partial charge in [-0.05, 0) is 29.7 Å². The van der Waals surface area contributed by atoms with Crippen LogP contribution in [0.3, 0.4) is 0 Å². The Labute approximate surface area is 122 Å². The summed E-state index contributed by atoms with van der Waals surface area (Å²) in [6.07, 6.45) is 5.24. The summed E-state index contributed by atoms with van der Waals surface area (Å²) >= 11 is 0. The van der Waals surface area contributed by atoms with Crippen LogP contribution < -0.4 is 0 Å². The van der Waals surface area contributed by atoms with E-state index in [1.807, 2.05) is 30.3 Å². The number of nitrogens with zero attached hydrogens (tertiary/aromatic N) is 2. The quantitative estimate of drug-likeness (QED) is 0.497. The molecule has 0 amide bonds. The lowest BCUT2D eigenvalue weighted by Crippen LogP contribution is -2.51. The predicted octanol–water partition coefficient (Wildman–Crippen LogP) is 2.53. The Morgan fingerprint density at radius 1 is 1.14 bits per heavy atom. The lowest BCUT2D eigenvalue weighted by molar-refractivity contribution is -0.819. The van der Waals surface area contributed by atoms with Crippen molar-refractivity contribution in [1.29, 1.82) is 0 Å². The molecule has 2 aliphatic rings. The second-order valence-electron chi connectivity index (χ2n) is 5.79. The summed E-state index contributed by atoms with van der Waals surface area (Å²) in [6, 6.07) is 9.19. The Kier molecular flexibility index (Phi) is 2.74. The van der Waals surface area contributed by atoms with Crippen molar-refractivity contribution in [2.45, 2.75) is 37.8 Å². The fourth-order valence-corrected chi connectivity index (χ4v) is 3.41. The smallest absolute Gasteiger partial charge is 0.323 e. The van der Waals surface area contributed by atoms with E-state index in [2.05, 4.69) is 0 Å². The highest BCUT2D eigenvalue weighted by atomic mass is 16.5. The normalized spacial score (nSPS) is 25.8.